The average molecular weight is 810 g/mol. The summed E-state index contributed by atoms with van der Waals surface area (Å²) in [5.74, 6) is 0.344. The molecule has 1 nitrogen and oxygen atoms in total. The second-order valence-corrected chi connectivity index (χ2v) is 21.3. The maximum Gasteiger partial charge on any atom is 0.0555 e. The summed E-state index contributed by atoms with van der Waals surface area (Å²) in [6, 6.07) is 53.2. The largest absolute Gasteiger partial charge is 0.309 e. The first-order valence-corrected chi connectivity index (χ1v) is 22.7. The Kier molecular flexibility index (Phi) is 9.20. The van der Waals surface area contributed by atoms with Gasteiger partial charge in [0.15, 0.2) is 0 Å². The zero-order valence-corrected chi connectivity index (χ0v) is 37.8. The van der Waals surface area contributed by atoms with Crippen molar-refractivity contribution in [3.05, 3.63) is 192 Å². The Morgan fingerprint density at radius 1 is 0.475 bits per heavy atom. The second kappa shape index (κ2) is 14.3. The standard InChI is InChI=1S/C59H55NS/c1-57(2,3)40-30-31-51(49(36-40)44-24-16-20-38-34-48(38)44)60(52-27-17-29-54-56(52)47-22-11-13-28-53(47)61-54)50-26-12-10-21-45(50)46-25-15-19-37-18-14-23-43(55(37)46)39-32-41(58(4,5)6)35-42(33-39)59(7,8)9/h10-36,48H,1-9H3/t48-/m0/s1. The highest BCUT2D eigenvalue weighted by atomic mass is 32.1. The van der Waals surface area contributed by atoms with Crippen molar-refractivity contribution < 1.29 is 0 Å². The molecule has 8 aromatic rings. The lowest BCUT2D eigenvalue weighted by Crippen LogP contribution is -2.17. The van der Waals surface area contributed by atoms with Crippen LogP contribution in [-0.2, 0) is 16.2 Å². The molecule has 0 amide bonds. The highest BCUT2D eigenvalue weighted by molar-refractivity contribution is 7.26. The van der Waals surface area contributed by atoms with Gasteiger partial charge in [-0.1, -0.05) is 190 Å². The van der Waals surface area contributed by atoms with Crippen molar-refractivity contribution in [2.75, 3.05) is 4.90 Å². The number of fused-ring (bicyclic) bond motifs is 5. The normalized spacial score (nSPS) is 15.3. The molecule has 302 valence electrons. The van der Waals surface area contributed by atoms with E-state index in [0.29, 0.717) is 5.92 Å². The number of nitrogens with zero attached hydrogens (tertiary/aromatic N) is 1. The fraction of sp³-hybridized carbons (Fsp3) is 0.220. The molecule has 0 unspecified atom stereocenters. The number of allylic oxidation sites excluding steroid dienone is 6. The molecule has 0 radical (unpaired) electrons. The predicted octanol–water partition coefficient (Wildman–Crippen LogP) is 17.4. The Morgan fingerprint density at radius 2 is 1.08 bits per heavy atom. The van der Waals surface area contributed by atoms with Crippen LogP contribution in [0.25, 0.3) is 58.8 Å². The van der Waals surface area contributed by atoms with Crippen LogP contribution in [0.5, 0.6) is 0 Å². The van der Waals surface area contributed by atoms with Crippen molar-refractivity contribution in [1.29, 1.82) is 0 Å². The SMILES string of the molecule is CC(C)(C)c1cc(-c2cccc3cccc(-c4ccccc4N(c4ccc(C(C)(C)C)cc4C4=CC=CC5=C[C@@H]54)c4cccc5sc6ccccc6c45)c23)cc(C(C)(C)C)c1. The molecule has 2 heteroatoms. The van der Waals surface area contributed by atoms with Crippen molar-refractivity contribution in [1.82, 2.24) is 0 Å². The van der Waals surface area contributed by atoms with Crippen LogP contribution in [0.15, 0.2) is 169 Å². The number of thiophene rings is 1. The molecule has 0 saturated carbocycles. The number of hydrogen-bond acceptors (Lipinski definition) is 2. The van der Waals surface area contributed by atoms with Crippen molar-refractivity contribution in [3.63, 3.8) is 0 Å². The van der Waals surface area contributed by atoms with Gasteiger partial charge in [0.2, 0.25) is 0 Å². The van der Waals surface area contributed by atoms with E-state index in [1.165, 1.54) is 98.0 Å². The van der Waals surface area contributed by atoms with E-state index in [9.17, 15) is 0 Å². The van der Waals surface area contributed by atoms with E-state index in [1.807, 2.05) is 11.3 Å². The molecule has 1 aromatic heterocycles. The van der Waals surface area contributed by atoms with Crippen LogP contribution in [0.3, 0.4) is 0 Å². The molecule has 0 saturated heterocycles. The van der Waals surface area contributed by atoms with Crippen molar-refractivity contribution in [2.24, 2.45) is 5.92 Å². The lowest BCUT2D eigenvalue weighted by atomic mass is 9.78. The molecular formula is C59H55NS. The number of rotatable bonds is 6. The third kappa shape index (κ3) is 6.96. The predicted molar refractivity (Wildman–Crippen MR) is 267 cm³/mol. The molecule has 1 heterocycles. The highest BCUT2D eigenvalue weighted by Gasteiger charge is 2.33. The van der Waals surface area contributed by atoms with E-state index >= 15 is 0 Å². The summed E-state index contributed by atoms with van der Waals surface area (Å²) in [7, 11) is 0. The molecule has 0 aliphatic heterocycles. The van der Waals surface area contributed by atoms with Crippen LogP contribution in [0.1, 0.15) is 84.6 Å². The lowest BCUT2D eigenvalue weighted by Gasteiger charge is -2.33. The summed E-state index contributed by atoms with van der Waals surface area (Å²) in [6.07, 6.45) is 9.27. The smallest absolute Gasteiger partial charge is 0.0555 e. The summed E-state index contributed by atoms with van der Waals surface area (Å²) >= 11 is 1.88. The topological polar surface area (TPSA) is 3.24 Å². The molecule has 0 N–H and O–H groups in total. The minimum absolute atomic E-state index is 0.00390. The highest BCUT2D eigenvalue weighted by Crippen LogP contribution is 2.53. The van der Waals surface area contributed by atoms with Crippen molar-refractivity contribution >= 4 is 64.9 Å². The Balaban J connectivity index is 1.29. The van der Waals surface area contributed by atoms with Gasteiger partial charge in [0.05, 0.1) is 17.1 Å². The lowest BCUT2D eigenvalue weighted by molar-refractivity contribution is 0.569. The molecule has 1 atom stereocenters. The second-order valence-electron chi connectivity index (χ2n) is 20.2. The van der Waals surface area contributed by atoms with E-state index in [-0.39, 0.29) is 16.2 Å². The Labute approximate surface area is 366 Å². The number of anilines is 3. The molecule has 7 aromatic carbocycles. The molecule has 10 rings (SSSR count). The molecule has 0 bridgehead atoms. The van der Waals surface area contributed by atoms with Gasteiger partial charge in [-0.05, 0) is 108 Å². The molecule has 2 aliphatic carbocycles. The Bertz CT molecular complexity index is 3110. The molecule has 0 spiro atoms. The van der Waals surface area contributed by atoms with E-state index in [4.69, 9.17) is 0 Å². The fourth-order valence-electron chi connectivity index (χ4n) is 9.31. The van der Waals surface area contributed by atoms with Gasteiger partial charge in [-0.25, -0.2) is 0 Å². The third-order valence-electron chi connectivity index (χ3n) is 12.9. The van der Waals surface area contributed by atoms with E-state index in [1.54, 1.807) is 0 Å². The van der Waals surface area contributed by atoms with Gasteiger partial charge < -0.3 is 4.90 Å². The van der Waals surface area contributed by atoms with Gasteiger partial charge in [0.1, 0.15) is 0 Å². The molecule has 2 aliphatic rings. The van der Waals surface area contributed by atoms with Crippen LogP contribution in [0, 0.1) is 5.92 Å². The van der Waals surface area contributed by atoms with Gasteiger partial charge >= 0.3 is 0 Å². The summed E-state index contributed by atoms with van der Waals surface area (Å²) in [6.45, 7) is 21.0. The van der Waals surface area contributed by atoms with E-state index < -0.39 is 0 Å². The summed E-state index contributed by atoms with van der Waals surface area (Å²) < 4.78 is 2.60. The Hall–Kier alpha value is -5.96. The van der Waals surface area contributed by atoms with Crippen molar-refractivity contribution in [3.8, 4) is 22.3 Å². The van der Waals surface area contributed by atoms with Gasteiger partial charge in [0.25, 0.3) is 0 Å². The third-order valence-corrected chi connectivity index (χ3v) is 14.0. The molecular weight excluding hydrogens is 755 g/mol. The van der Waals surface area contributed by atoms with Crippen LogP contribution >= 0.6 is 11.3 Å². The van der Waals surface area contributed by atoms with Gasteiger partial charge in [-0.15, -0.1) is 11.3 Å². The number of para-hydroxylation sites is 1. The number of benzene rings is 7. The van der Waals surface area contributed by atoms with Crippen LogP contribution in [-0.4, -0.2) is 0 Å². The molecule has 0 fully saturated rings. The van der Waals surface area contributed by atoms with E-state index in [0.717, 1.165) is 5.69 Å². The summed E-state index contributed by atoms with van der Waals surface area (Å²) in [4.78, 5) is 2.60. The number of hydrogen-bond donors (Lipinski definition) is 0. The summed E-state index contributed by atoms with van der Waals surface area (Å²) in [5, 5.41) is 5.10. The first-order valence-electron chi connectivity index (χ1n) is 21.9. The Morgan fingerprint density at radius 3 is 1.82 bits per heavy atom. The first kappa shape index (κ1) is 39.2. The van der Waals surface area contributed by atoms with E-state index in [2.05, 4.69) is 231 Å². The minimum atomic E-state index is -0.0129. The van der Waals surface area contributed by atoms with Crippen LogP contribution < -0.4 is 4.90 Å². The van der Waals surface area contributed by atoms with Gasteiger partial charge in [0, 0.05) is 37.2 Å². The quantitative estimate of drug-likeness (QED) is 0.162. The van der Waals surface area contributed by atoms with Crippen molar-refractivity contribution in [2.45, 2.75) is 78.6 Å². The maximum absolute atomic E-state index is 2.60. The first-order chi connectivity index (χ1) is 29.1. The van der Waals surface area contributed by atoms with Gasteiger partial charge in [-0.2, -0.15) is 0 Å². The maximum atomic E-state index is 2.60. The zero-order valence-electron chi connectivity index (χ0n) is 37.0. The van der Waals surface area contributed by atoms with Crippen LogP contribution in [0.2, 0.25) is 0 Å². The monoisotopic (exact) mass is 809 g/mol. The minimum Gasteiger partial charge on any atom is -0.309 e. The fourth-order valence-corrected chi connectivity index (χ4v) is 10.4. The van der Waals surface area contributed by atoms with Crippen LogP contribution in [0.4, 0.5) is 17.1 Å². The molecule has 61 heavy (non-hydrogen) atoms. The summed E-state index contributed by atoms with van der Waals surface area (Å²) in [5.41, 5.74) is 16.6. The van der Waals surface area contributed by atoms with Gasteiger partial charge in [-0.3, -0.25) is 0 Å². The average Bonchev–Trinajstić information content (AvgIpc) is 3.94. The zero-order chi connectivity index (χ0) is 42.4.